The molecule has 0 aliphatic carbocycles. The topological polar surface area (TPSA) is 79.4 Å². The molecule has 5 rings (SSSR count). The highest BCUT2D eigenvalue weighted by atomic mass is 35.5. The molecule has 1 aliphatic rings. The molecule has 6 nitrogen and oxygen atoms in total. The zero-order valence-electron chi connectivity index (χ0n) is 19.0. The smallest absolute Gasteiger partial charge is 0.257 e. The van der Waals surface area contributed by atoms with E-state index in [1.165, 1.54) is 12.1 Å². The molecule has 1 saturated heterocycles. The van der Waals surface area contributed by atoms with Crippen LogP contribution < -0.4 is 5.32 Å². The Labute approximate surface area is 220 Å². The van der Waals surface area contributed by atoms with Crippen LogP contribution >= 0.6 is 23.2 Å². The van der Waals surface area contributed by atoms with Gasteiger partial charge in [-0.25, -0.2) is 0 Å². The molecule has 1 aliphatic heterocycles. The lowest BCUT2D eigenvalue weighted by atomic mass is 10.0. The summed E-state index contributed by atoms with van der Waals surface area (Å²) in [4.78, 5) is 32.0. The molecular weight excluding hydrogens is 517 g/mol. The Hall–Kier alpha value is -3.26. The molecule has 182 valence electrons. The number of hydrogen-bond donors (Lipinski definition) is 1. The first-order valence-electron chi connectivity index (χ1n) is 11.3. The zero-order valence-corrected chi connectivity index (χ0v) is 21.4. The number of aromatic nitrogens is 1. The van der Waals surface area contributed by atoms with Gasteiger partial charge >= 0.3 is 0 Å². The molecule has 0 saturated carbocycles. The molecule has 1 N–H and O–H groups in total. The van der Waals surface area contributed by atoms with Gasteiger partial charge < -0.3 is 10.2 Å². The highest BCUT2D eigenvalue weighted by Gasteiger charge is 2.22. The van der Waals surface area contributed by atoms with Crippen LogP contribution in [0.2, 0.25) is 10.0 Å². The second-order valence-electron chi connectivity index (χ2n) is 8.36. The summed E-state index contributed by atoms with van der Waals surface area (Å²) in [5.41, 5.74) is 2.58. The maximum Gasteiger partial charge on any atom is 0.257 e. The van der Waals surface area contributed by atoms with Gasteiger partial charge in [0.25, 0.3) is 11.8 Å². The molecule has 3 aromatic carbocycles. The van der Waals surface area contributed by atoms with Crippen molar-refractivity contribution in [2.24, 2.45) is 0 Å². The molecule has 0 bridgehead atoms. The number of carbonyl (C=O) groups is 2. The van der Waals surface area contributed by atoms with Crippen molar-refractivity contribution in [3.63, 3.8) is 0 Å². The van der Waals surface area contributed by atoms with Crippen LogP contribution in [-0.2, 0) is 10.8 Å². The van der Waals surface area contributed by atoms with E-state index >= 15 is 0 Å². The lowest BCUT2D eigenvalue weighted by molar-refractivity contribution is 0.0770. The first kappa shape index (κ1) is 24.4. The number of nitrogens with zero attached hydrogens (tertiary/aromatic N) is 2. The molecule has 0 radical (unpaired) electrons. The van der Waals surface area contributed by atoms with Gasteiger partial charge in [0.05, 0.1) is 21.3 Å². The van der Waals surface area contributed by atoms with Crippen molar-refractivity contribution in [3.8, 4) is 11.3 Å². The van der Waals surface area contributed by atoms with E-state index in [0.717, 1.165) is 16.5 Å². The Morgan fingerprint density at radius 1 is 0.917 bits per heavy atom. The second-order valence-corrected chi connectivity index (χ2v) is 10.9. The maximum absolute atomic E-state index is 13.0. The predicted octanol–water partition coefficient (Wildman–Crippen LogP) is 5.67. The monoisotopic (exact) mass is 537 g/mol. The number of benzene rings is 3. The van der Waals surface area contributed by atoms with Crippen LogP contribution in [0.5, 0.6) is 0 Å². The molecule has 0 atom stereocenters. The highest BCUT2D eigenvalue weighted by Crippen LogP contribution is 2.34. The van der Waals surface area contributed by atoms with Crippen molar-refractivity contribution in [2.75, 3.05) is 29.9 Å². The fraction of sp³-hybridized carbons (Fsp3) is 0.148. The van der Waals surface area contributed by atoms with Gasteiger partial charge in [-0.05, 0) is 47.9 Å². The molecule has 0 unspecified atom stereocenters. The second kappa shape index (κ2) is 10.4. The van der Waals surface area contributed by atoms with E-state index in [1.54, 1.807) is 35.4 Å². The molecule has 0 spiro atoms. The number of rotatable bonds is 4. The van der Waals surface area contributed by atoms with E-state index < -0.39 is 16.7 Å². The quantitative estimate of drug-likeness (QED) is 0.364. The minimum atomic E-state index is -0.876. The Morgan fingerprint density at radius 3 is 2.47 bits per heavy atom. The molecule has 1 fully saturated rings. The fourth-order valence-corrected chi connectivity index (χ4v) is 5.70. The molecular formula is C27H21Cl2N3O3S. The van der Waals surface area contributed by atoms with E-state index in [2.05, 4.69) is 10.3 Å². The van der Waals surface area contributed by atoms with Crippen molar-refractivity contribution in [1.29, 1.82) is 0 Å². The van der Waals surface area contributed by atoms with E-state index in [-0.39, 0.29) is 16.5 Å². The molecule has 1 aromatic heterocycles. The highest BCUT2D eigenvalue weighted by molar-refractivity contribution is 7.85. The van der Waals surface area contributed by atoms with Crippen LogP contribution in [0.25, 0.3) is 22.0 Å². The summed E-state index contributed by atoms with van der Waals surface area (Å²) in [7, 11) is -0.876. The van der Waals surface area contributed by atoms with Crippen LogP contribution in [0.4, 0.5) is 5.69 Å². The van der Waals surface area contributed by atoms with E-state index in [4.69, 9.17) is 23.2 Å². The van der Waals surface area contributed by atoms with Gasteiger partial charge in [0, 0.05) is 63.8 Å². The average Bonchev–Trinajstić information content (AvgIpc) is 2.89. The Balaban J connectivity index is 1.37. The number of nitrogens with one attached hydrogen (secondary N) is 1. The Kier molecular flexibility index (Phi) is 7.05. The van der Waals surface area contributed by atoms with E-state index in [1.807, 2.05) is 30.3 Å². The third-order valence-electron chi connectivity index (χ3n) is 6.08. The third-order valence-corrected chi connectivity index (χ3v) is 8.00. The van der Waals surface area contributed by atoms with Gasteiger partial charge in [0.2, 0.25) is 0 Å². The summed E-state index contributed by atoms with van der Waals surface area (Å²) in [5, 5.41) is 5.53. The lowest BCUT2D eigenvalue weighted by Gasteiger charge is -2.26. The molecule has 2 heterocycles. The van der Waals surface area contributed by atoms with E-state index in [9.17, 15) is 13.8 Å². The minimum absolute atomic E-state index is 0.170. The van der Waals surface area contributed by atoms with Gasteiger partial charge in [-0.3, -0.25) is 18.8 Å². The standard InChI is InChI=1S/C27H21Cl2N3O3S/c28-23-8-6-19(16-22(23)25-20-4-2-1-3-17(20)9-10-30-25)31-26(33)21-7-5-18(15-24(21)29)27(34)32-11-13-36(35)14-12-32/h1-10,15-16H,11-14H2,(H,31,33). The SMILES string of the molecule is O=C(Nc1ccc(Cl)c(-c2nccc3ccccc23)c1)c1ccc(C(=O)N2CCS(=O)CC2)cc1Cl. The van der Waals surface area contributed by atoms with Crippen LogP contribution in [0, 0.1) is 0 Å². The van der Waals surface area contributed by atoms with Crippen LogP contribution in [-0.4, -0.2) is 50.5 Å². The summed E-state index contributed by atoms with van der Waals surface area (Å²) in [5.74, 6) is 0.339. The summed E-state index contributed by atoms with van der Waals surface area (Å²) < 4.78 is 11.6. The van der Waals surface area contributed by atoms with Crippen molar-refractivity contribution in [1.82, 2.24) is 9.88 Å². The van der Waals surface area contributed by atoms with Crippen LogP contribution in [0.15, 0.2) is 72.9 Å². The van der Waals surface area contributed by atoms with Crippen LogP contribution in [0.3, 0.4) is 0 Å². The maximum atomic E-state index is 13.0. The van der Waals surface area contributed by atoms with Crippen molar-refractivity contribution in [3.05, 3.63) is 94.1 Å². The van der Waals surface area contributed by atoms with Crippen molar-refractivity contribution >= 4 is 62.3 Å². The number of fused-ring (bicyclic) bond motifs is 1. The van der Waals surface area contributed by atoms with Gasteiger partial charge in [-0.1, -0.05) is 47.5 Å². The minimum Gasteiger partial charge on any atom is -0.337 e. The normalized spacial score (nSPS) is 14.1. The van der Waals surface area contributed by atoms with E-state index in [0.29, 0.717) is 46.4 Å². The van der Waals surface area contributed by atoms with Gasteiger partial charge in [-0.15, -0.1) is 0 Å². The number of anilines is 1. The molecule has 9 heteroatoms. The number of carbonyl (C=O) groups excluding carboxylic acids is 2. The predicted molar refractivity (Wildman–Crippen MR) is 145 cm³/mol. The first-order chi connectivity index (χ1) is 17.4. The zero-order chi connectivity index (χ0) is 25.2. The van der Waals surface area contributed by atoms with Gasteiger partial charge in [0.15, 0.2) is 0 Å². The summed E-state index contributed by atoms with van der Waals surface area (Å²) in [6.45, 7) is 0.880. The van der Waals surface area contributed by atoms with Gasteiger partial charge in [0.1, 0.15) is 0 Å². The first-order valence-corrected chi connectivity index (χ1v) is 13.5. The summed E-state index contributed by atoms with van der Waals surface area (Å²) in [6.07, 6.45) is 1.73. The van der Waals surface area contributed by atoms with Gasteiger partial charge in [-0.2, -0.15) is 0 Å². The summed E-state index contributed by atoms with van der Waals surface area (Å²) in [6, 6.07) is 19.6. The van der Waals surface area contributed by atoms with Crippen molar-refractivity contribution in [2.45, 2.75) is 0 Å². The van der Waals surface area contributed by atoms with Crippen LogP contribution in [0.1, 0.15) is 20.7 Å². The molecule has 36 heavy (non-hydrogen) atoms. The number of amides is 2. The lowest BCUT2D eigenvalue weighted by Crippen LogP contribution is -2.41. The van der Waals surface area contributed by atoms with Crippen molar-refractivity contribution < 1.29 is 13.8 Å². The Bertz CT molecular complexity index is 1510. The fourth-order valence-electron chi connectivity index (χ4n) is 4.17. The largest absolute Gasteiger partial charge is 0.337 e. The average molecular weight is 538 g/mol. The number of pyridine rings is 1. The molecule has 2 amide bonds. The number of halogens is 2. The molecule has 4 aromatic rings. The summed E-state index contributed by atoms with van der Waals surface area (Å²) >= 11 is 12.9. The number of hydrogen-bond acceptors (Lipinski definition) is 4. The third kappa shape index (κ3) is 5.00. The Morgan fingerprint density at radius 2 is 1.69 bits per heavy atom.